The van der Waals surface area contributed by atoms with Crippen molar-refractivity contribution in [2.75, 3.05) is 43.4 Å². The number of piperazine rings is 1. The molecular formula is C24H24N6O3. The van der Waals surface area contributed by atoms with E-state index in [0.29, 0.717) is 23.2 Å². The standard InChI is InChI=1S/C24H24N6O3/c1-16-14-21(31)33-20-15-18(8-9-19(16)20)32-24-27-22(25-17-6-4-3-5-7-17)26-23(28-24)30-12-10-29(2)11-13-30/h3-9,14-15H,10-13H2,1-2H3,(H,25,26,27,28). The Morgan fingerprint density at radius 1 is 0.970 bits per heavy atom. The van der Waals surface area contributed by atoms with Gasteiger partial charge in [-0.1, -0.05) is 18.2 Å². The minimum absolute atomic E-state index is 0.159. The van der Waals surface area contributed by atoms with Crippen molar-refractivity contribution in [3.05, 3.63) is 70.6 Å². The van der Waals surface area contributed by atoms with E-state index in [1.54, 1.807) is 12.1 Å². The summed E-state index contributed by atoms with van der Waals surface area (Å²) in [5.41, 5.74) is 1.76. The first-order valence-corrected chi connectivity index (χ1v) is 10.8. The highest BCUT2D eigenvalue weighted by Crippen LogP contribution is 2.27. The molecule has 0 radical (unpaired) electrons. The highest BCUT2D eigenvalue weighted by molar-refractivity contribution is 5.81. The highest BCUT2D eigenvalue weighted by atomic mass is 16.5. The quantitative estimate of drug-likeness (QED) is 0.463. The molecular weight excluding hydrogens is 420 g/mol. The zero-order valence-electron chi connectivity index (χ0n) is 18.5. The summed E-state index contributed by atoms with van der Waals surface area (Å²) in [5.74, 6) is 1.41. The monoisotopic (exact) mass is 444 g/mol. The molecule has 3 heterocycles. The molecule has 2 aromatic carbocycles. The van der Waals surface area contributed by atoms with Crippen LogP contribution in [0.1, 0.15) is 5.56 Å². The van der Waals surface area contributed by atoms with Gasteiger partial charge in [0.25, 0.3) is 0 Å². The molecule has 0 atom stereocenters. The van der Waals surface area contributed by atoms with E-state index in [2.05, 4.69) is 37.1 Å². The van der Waals surface area contributed by atoms with Gasteiger partial charge in [0.2, 0.25) is 11.9 Å². The Balaban J connectivity index is 1.49. The number of ether oxygens (including phenoxy) is 1. The summed E-state index contributed by atoms with van der Waals surface area (Å²) in [5, 5.41) is 4.07. The number of likely N-dealkylation sites (N-methyl/N-ethyl adjacent to an activating group) is 1. The molecule has 0 aliphatic carbocycles. The Labute approximate surface area is 190 Å². The van der Waals surface area contributed by atoms with E-state index in [-0.39, 0.29) is 6.01 Å². The molecule has 9 nitrogen and oxygen atoms in total. The van der Waals surface area contributed by atoms with Crippen molar-refractivity contribution in [1.82, 2.24) is 19.9 Å². The van der Waals surface area contributed by atoms with Crippen LogP contribution in [0.25, 0.3) is 11.0 Å². The van der Waals surface area contributed by atoms with Crippen LogP contribution < -0.4 is 20.6 Å². The number of hydrogen-bond acceptors (Lipinski definition) is 9. The maximum Gasteiger partial charge on any atom is 0.336 e. The smallest absolute Gasteiger partial charge is 0.336 e. The fourth-order valence-corrected chi connectivity index (χ4v) is 3.72. The van der Waals surface area contributed by atoms with Gasteiger partial charge in [0.05, 0.1) is 0 Å². The molecule has 1 aliphatic rings. The largest absolute Gasteiger partial charge is 0.424 e. The first-order valence-electron chi connectivity index (χ1n) is 10.8. The van der Waals surface area contributed by atoms with Crippen molar-refractivity contribution >= 4 is 28.6 Å². The molecule has 1 aliphatic heterocycles. The number of benzene rings is 2. The van der Waals surface area contributed by atoms with E-state index in [1.165, 1.54) is 6.07 Å². The van der Waals surface area contributed by atoms with Crippen molar-refractivity contribution in [2.45, 2.75) is 6.92 Å². The van der Waals surface area contributed by atoms with Gasteiger partial charge in [-0.3, -0.25) is 0 Å². The van der Waals surface area contributed by atoms with Crippen molar-refractivity contribution in [2.24, 2.45) is 0 Å². The van der Waals surface area contributed by atoms with Crippen molar-refractivity contribution < 1.29 is 9.15 Å². The van der Waals surface area contributed by atoms with E-state index >= 15 is 0 Å². The molecule has 1 N–H and O–H groups in total. The Morgan fingerprint density at radius 3 is 2.55 bits per heavy atom. The maximum atomic E-state index is 11.8. The molecule has 1 saturated heterocycles. The molecule has 9 heteroatoms. The number of nitrogens with one attached hydrogen (secondary N) is 1. The van der Waals surface area contributed by atoms with Crippen LogP contribution in [0.4, 0.5) is 17.6 Å². The first-order chi connectivity index (χ1) is 16.0. The summed E-state index contributed by atoms with van der Waals surface area (Å²) >= 11 is 0. The molecule has 0 amide bonds. The van der Waals surface area contributed by atoms with Crippen LogP contribution in [-0.2, 0) is 0 Å². The minimum Gasteiger partial charge on any atom is -0.424 e. The van der Waals surface area contributed by atoms with Crippen LogP contribution in [0.3, 0.4) is 0 Å². The molecule has 0 saturated carbocycles. The molecule has 4 aromatic rings. The summed E-state index contributed by atoms with van der Waals surface area (Å²) in [6.45, 7) is 5.34. The number of aryl methyl sites for hydroxylation is 1. The molecule has 0 bridgehead atoms. The summed E-state index contributed by atoms with van der Waals surface area (Å²) < 4.78 is 11.3. The van der Waals surface area contributed by atoms with Crippen molar-refractivity contribution in [3.8, 4) is 11.8 Å². The van der Waals surface area contributed by atoms with Gasteiger partial charge in [-0.25, -0.2) is 4.79 Å². The van der Waals surface area contributed by atoms with Gasteiger partial charge >= 0.3 is 11.6 Å². The summed E-state index contributed by atoms with van der Waals surface area (Å²) in [7, 11) is 2.10. The second-order valence-electron chi connectivity index (χ2n) is 8.03. The number of para-hydroxylation sites is 1. The van der Waals surface area contributed by atoms with Gasteiger partial charge < -0.3 is 24.3 Å². The fraction of sp³-hybridized carbons (Fsp3) is 0.250. The average Bonchev–Trinajstić information content (AvgIpc) is 2.80. The predicted octanol–water partition coefficient (Wildman–Crippen LogP) is 3.57. The lowest BCUT2D eigenvalue weighted by Crippen LogP contribution is -2.45. The third-order valence-corrected chi connectivity index (χ3v) is 5.55. The van der Waals surface area contributed by atoms with Gasteiger partial charge in [-0.2, -0.15) is 15.0 Å². The number of anilines is 3. The van der Waals surface area contributed by atoms with Gasteiger partial charge in [0.15, 0.2) is 0 Å². The Hall–Kier alpha value is -3.98. The number of fused-ring (bicyclic) bond motifs is 1. The van der Waals surface area contributed by atoms with Gasteiger partial charge in [0.1, 0.15) is 11.3 Å². The normalized spacial score (nSPS) is 14.4. The number of aromatic nitrogens is 3. The van der Waals surface area contributed by atoms with Crippen LogP contribution in [0.5, 0.6) is 11.8 Å². The Kier molecular flexibility index (Phi) is 5.62. The van der Waals surface area contributed by atoms with Gasteiger partial charge in [-0.05, 0) is 43.8 Å². The lowest BCUT2D eigenvalue weighted by molar-refractivity contribution is 0.310. The molecule has 0 spiro atoms. The summed E-state index contributed by atoms with van der Waals surface area (Å²) in [4.78, 5) is 29.8. The Bertz CT molecular complexity index is 1330. The minimum atomic E-state index is -0.399. The van der Waals surface area contributed by atoms with E-state index in [1.807, 2.05) is 43.3 Å². The number of hydrogen-bond donors (Lipinski definition) is 1. The van der Waals surface area contributed by atoms with Crippen LogP contribution >= 0.6 is 0 Å². The average molecular weight is 444 g/mol. The number of rotatable bonds is 5. The van der Waals surface area contributed by atoms with E-state index in [4.69, 9.17) is 9.15 Å². The maximum absolute atomic E-state index is 11.8. The lowest BCUT2D eigenvalue weighted by Gasteiger charge is -2.32. The van der Waals surface area contributed by atoms with E-state index in [0.717, 1.165) is 42.8 Å². The summed E-state index contributed by atoms with van der Waals surface area (Å²) in [6.07, 6.45) is 0. The second-order valence-corrected chi connectivity index (χ2v) is 8.03. The van der Waals surface area contributed by atoms with E-state index in [9.17, 15) is 4.79 Å². The molecule has 33 heavy (non-hydrogen) atoms. The number of nitrogens with zero attached hydrogens (tertiary/aromatic N) is 5. The Morgan fingerprint density at radius 2 is 1.76 bits per heavy atom. The van der Waals surface area contributed by atoms with Crippen LogP contribution in [0.15, 0.2) is 63.8 Å². The van der Waals surface area contributed by atoms with Crippen molar-refractivity contribution in [1.29, 1.82) is 0 Å². The fourth-order valence-electron chi connectivity index (χ4n) is 3.72. The van der Waals surface area contributed by atoms with Crippen LogP contribution in [0.2, 0.25) is 0 Å². The van der Waals surface area contributed by atoms with Crippen molar-refractivity contribution in [3.63, 3.8) is 0 Å². The molecule has 0 unspecified atom stereocenters. The lowest BCUT2D eigenvalue weighted by atomic mass is 10.1. The predicted molar refractivity (Wildman–Crippen MR) is 127 cm³/mol. The van der Waals surface area contributed by atoms with E-state index < -0.39 is 5.63 Å². The third-order valence-electron chi connectivity index (χ3n) is 5.55. The topological polar surface area (TPSA) is 96.6 Å². The highest BCUT2D eigenvalue weighted by Gasteiger charge is 2.19. The molecule has 2 aromatic heterocycles. The zero-order valence-corrected chi connectivity index (χ0v) is 18.5. The van der Waals surface area contributed by atoms with Crippen LogP contribution in [-0.4, -0.2) is 53.1 Å². The van der Waals surface area contributed by atoms with Gasteiger partial charge in [0, 0.05) is 49.4 Å². The van der Waals surface area contributed by atoms with Gasteiger partial charge in [-0.15, -0.1) is 0 Å². The molecule has 5 rings (SSSR count). The zero-order chi connectivity index (χ0) is 22.8. The second kappa shape index (κ2) is 8.87. The SMILES string of the molecule is Cc1cc(=O)oc2cc(Oc3nc(Nc4ccccc4)nc(N4CCN(C)CC4)n3)ccc12. The molecule has 168 valence electrons. The third kappa shape index (κ3) is 4.78. The summed E-state index contributed by atoms with van der Waals surface area (Å²) in [6, 6.07) is 16.7. The molecule has 1 fully saturated rings. The van der Waals surface area contributed by atoms with Crippen LogP contribution in [0, 0.1) is 6.92 Å². The first kappa shape index (κ1) is 20.9.